The van der Waals surface area contributed by atoms with Crippen LogP contribution in [0.4, 0.5) is 22.0 Å². The van der Waals surface area contributed by atoms with Crippen LogP contribution in [0.25, 0.3) is 0 Å². The first-order chi connectivity index (χ1) is 5.92. The van der Waals surface area contributed by atoms with Crippen LogP contribution >= 0.6 is 0 Å². The fraction of sp³-hybridized carbons (Fsp3) is 0.875. The van der Waals surface area contributed by atoms with E-state index in [1.165, 1.54) is 0 Å². The Morgan fingerprint density at radius 1 is 1.23 bits per heavy atom. The van der Waals surface area contributed by atoms with Gasteiger partial charge in [-0.3, -0.25) is 0 Å². The molecule has 1 radical (unpaired) electrons. The maximum atomic E-state index is 12.5. The van der Waals surface area contributed by atoms with E-state index in [1.807, 2.05) is 6.92 Å². The summed E-state index contributed by atoms with van der Waals surface area (Å²) in [6, 6.07) is 0. The third kappa shape index (κ3) is 3.91. The van der Waals surface area contributed by atoms with E-state index < -0.39 is 24.9 Å². The zero-order valence-corrected chi connectivity index (χ0v) is 7.30. The van der Waals surface area contributed by atoms with Gasteiger partial charge in [-0.05, 0) is 6.42 Å². The Labute approximate surface area is 74.1 Å². The molecule has 0 aliphatic carbocycles. The summed E-state index contributed by atoms with van der Waals surface area (Å²) in [6.07, 6.45) is -4.90. The number of rotatable bonds is 6. The topological polar surface area (TPSA) is 0 Å². The molecule has 0 nitrogen and oxygen atoms in total. The van der Waals surface area contributed by atoms with Crippen molar-refractivity contribution >= 4 is 0 Å². The minimum absolute atomic E-state index is 0.209. The fourth-order valence-corrected chi connectivity index (χ4v) is 0.873. The minimum atomic E-state index is -4.58. The van der Waals surface area contributed by atoms with Crippen molar-refractivity contribution in [3.8, 4) is 0 Å². The monoisotopic (exact) mass is 203 g/mol. The molecule has 1 atom stereocenters. The smallest absolute Gasteiger partial charge is 0.241 e. The van der Waals surface area contributed by atoms with E-state index in [9.17, 15) is 22.0 Å². The van der Waals surface area contributed by atoms with Crippen molar-refractivity contribution in [1.82, 2.24) is 0 Å². The lowest BCUT2D eigenvalue weighted by Crippen LogP contribution is -2.33. The molecule has 0 heterocycles. The number of hydrogen-bond acceptors (Lipinski definition) is 0. The van der Waals surface area contributed by atoms with Crippen LogP contribution in [-0.4, -0.2) is 12.1 Å². The Morgan fingerprint density at radius 2 is 1.77 bits per heavy atom. The summed E-state index contributed by atoms with van der Waals surface area (Å²) in [5.41, 5.74) is 0. The van der Waals surface area contributed by atoms with Crippen molar-refractivity contribution in [2.24, 2.45) is 0 Å². The second-order valence-electron chi connectivity index (χ2n) is 2.85. The van der Waals surface area contributed by atoms with Gasteiger partial charge in [-0.25, -0.2) is 4.39 Å². The molecule has 0 aromatic heterocycles. The van der Waals surface area contributed by atoms with Crippen LogP contribution in [-0.2, 0) is 0 Å². The van der Waals surface area contributed by atoms with Crippen molar-refractivity contribution in [3.63, 3.8) is 0 Å². The quantitative estimate of drug-likeness (QED) is 0.452. The van der Waals surface area contributed by atoms with Crippen LogP contribution < -0.4 is 0 Å². The fourth-order valence-electron chi connectivity index (χ4n) is 0.873. The highest BCUT2D eigenvalue weighted by Gasteiger charge is 2.50. The Hall–Kier alpha value is -0.350. The van der Waals surface area contributed by atoms with Crippen molar-refractivity contribution in [2.75, 3.05) is 0 Å². The summed E-state index contributed by atoms with van der Waals surface area (Å²) in [5, 5.41) is 0. The summed E-state index contributed by atoms with van der Waals surface area (Å²) in [5.74, 6) is -4.58. The third-order valence-electron chi connectivity index (χ3n) is 1.71. The maximum Gasteiger partial charge on any atom is 0.381 e. The molecule has 0 aromatic carbocycles. The first-order valence-electron chi connectivity index (χ1n) is 4.13. The molecule has 0 saturated carbocycles. The average Bonchev–Trinajstić information content (AvgIpc) is 2.04. The highest BCUT2D eigenvalue weighted by Crippen LogP contribution is 2.36. The molecular formula is C8H12F5. The Balaban J connectivity index is 3.87. The van der Waals surface area contributed by atoms with Gasteiger partial charge in [-0.2, -0.15) is 17.6 Å². The SMILES string of the molecule is CCCCCC(F)C(F)(F)[C](F)F. The third-order valence-corrected chi connectivity index (χ3v) is 1.71. The largest absolute Gasteiger partial charge is 0.381 e. The highest BCUT2D eigenvalue weighted by atomic mass is 19.3. The first-order valence-corrected chi connectivity index (χ1v) is 4.13. The summed E-state index contributed by atoms with van der Waals surface area (Å²) in [7, 11) is 0. The molecule has 0 aromatic rings. The Kier molecular flexibility index (Phi) is 5.25. The van der Waals surface area contributed by atoms with E-state index in [-0.39, 0.29) is 6.42 Å². The molecule has 0 amide bonds. The normalized spacial score (nSPS) is 15.0. The molecule has 13 heavy (non-hydrogen) atoms. The molecular weight excluding hydrogens is 191 g/mol. The second-order valence-corrected chi connectivity index (χ2v) is 2.85. The Bertz CT molecular complexity index is 134. The van der Waals surface area contributed by atoms with Crippen molar-refractivity contribution in [2.45, 2.75) is 44.7 Å². The van der Waals surface area contributed by atoms with Crippen LogP contribution in [0.2, 0.25) is 0 Å². The molecule has 1 unspecified atom stereocenters. The number of hydrogen-bond donors (Lipinski definition) is 0. The van der Waals surface area contributed by atoms with Gasteiger partial charge >= 0.3 is 12.3 Å². The number of halogens is 5. The number of alkyl halides is 3. The molecule has 0 aliphatic heterocycles. The summed E-state index contributed by atoms with van der Waals surface area (Å²) in [6.45, 7) is 1.81. The highest BCUT2D eigenvalue weighted by molar-refractivity contribution is 4.90. The van der Waals surface area contributed by atoms with Gasteiger partial charge in [0.25, 0.3) is 0 Å². The zero-order valence-electron chi connectivity index (χ0n) is 7.30. The van der Waals surface area contributed by atoms with Crippen LogP contribution in [0.1, 0.15) is 32.6 Å². The average molecular weight is 203 g/mol. The summed E-state index contributed by atoms with van der Waals surface area (Å²) >= 11 is 0. The van der Waals surface area contributed by atoms with Gasteiger partial charge in [0.2, 0.25) is 0 Å². The lowest BCUT2D eigenvalue weighted by molar-refractivity contribution is -0.116. The minimum Gasteiger partial charge on any atom is -0.241 e. The molecule has 0 rings (SSSR count). The van der Waals surface area contributed by atoms with E-state index in [0.717, 1.165) is 6.42 Å². The molecule has 0 saturated heterocycles. The lowest BCUT2D eigenvalue weighted by Gasteiger charge is -2.17. The first kappa shape index (κ1) is 12.7. The van der Waals surface area contributed by atoms with Gasteiger partial charge in [-0.1, -0.05) is 26.2 Å². The van der Waals surface area contributed by atoms with Crippen LogP contribution in [0.15, 0.2) is 0 Å². The lowest BCUT2D eigenvalue weighted by atomic mass is 10.1. The van der Waals surface area contributed by atoms with E-state index in [0.29, 0.717) is 6.42 Å². The second kappa shape index (κ2) is 5.40. The molecule has 0 spiro atoms. The zero-order chi connectivity index (χ0) is 10.5. The molecule has 0 N–H and O–H groups in total. The molecule has 0 aliphatic rings. The van der Waals surface area contributed by atoms with Gasteiger partial charge in [0.05, 0.1) is 0 Å². The maximum absolute atomic E-state index is 12.5. The van der Waals surface area contributed by atoms with Gasteiger partial charge in [-0.15, -0.1) is 0 Å². The molecule has 5 heteroatoms. The van der Waals surface area contributed by atoms with Crippen molar-refractivity contribution < 1.29 is 22.0 Å². The van der Waals surface area contributed by atoms with Gasteiger partial charge < -0.3 is 0 Å². The van der Waals surface area contributed by atoms with E-state index in [1.54, 1.807) is 0 Å². The van der Waals surface area contributed by atoms with Crippen molar-refractivity contribution in [3.05, 3.63) is 6.43 Å². The van der Waals surface area contributed by atoms with E-state index in [2.05, 4.69) is 0 Å². The van der Waals surface area contributed by atoms with E-state index >= 15 is 0 Å². The van der Waals surface area contributed by atoms with Crippen LogP contribution in [0.3, 0.4) is 0 Å². The standard InChI is InChI=1S/C8H12F5/c1-2-3-4-5-6(9)8(12,13)7(10)11/h6H,2-5H2,1H3. The summed E-state index contributed by atoms with van der Waals surface area (Å²) in [4.78, 5) is 0. The molecule has 0 bridgehead atoms. The van der Waals surface area contributed by atoms with E-state index in [4.69, 9.17) is 0 Å². The van der Waals surface area contributed by atoms with Gasteiger partial charge in [0.1, 0.15) is 0 Å². The predicted molar refractivity (Wildman–Crippen MR) is 39.4 cm³/mol. The molecule has 79 valence electrons. The predicted octanol–water partition coefficient (Wildman–Crippen LogP) is 3.97. The molecule has 0 fully saturated rings. The number of unbranched alkanes of at least 4 members (excludes halogenated alkanes) is 2. The van der Waals surface area contributed by atoms with Gasteiger partial charge in [0, 0.05) is 0 Å². The van der Waals surface area contributed by atoms with Crippen molar-refractivity contribution in [1.29, 1.82) is 0 Å². The van der Waals surface area contributed by atoms with Crippen LogP contribution in [0.5, 0.6) is 0 Å². The van der Waals surface area contributed by atoms with Crippen LogP contribution in [0, 0.1) is 6.43 Å². The Morgan fingerprint density at radius 3 is 2.15 bits per heavy atom. The van der Waals surface area contributed by atoms with Gasteiger partial charge in [0.15, 0.2) is 6.17 Å². The summed E-state index contributed by atoms with van der Waals surface area (Å²) < 4.78 is 59.9.